The number of hydrogen-bond acceptors (Lipinski definition) is 6. The molecule has 7 nitrogen and oxygen atoms in total. The molecule has 8 heteroatoms. The Balaban J connectivity index is 1.20. The molecule has 2 heterocycles. The van der Waals surface area contributed by atoms with Crippen LogP contribution in [0.3, 0.4) is 0 Å². The molecule has 5 rings (SSSR count). The van der Waals surface area contributed by atoms with Crippen molar-refractivity contribution in [2.45, 2.75) is 44.3 Å². The number of nitrogens with zero attached hydrogens (tertiary/aromatic N) is 2. The van der Waals surface area contributed by atoms with Gasteiger partial charge in [0.15, 0.2) is 0 Å². The lowest BCUT2D eigenvalue weighted by atomic mass is 9.91. The molecular weight excluding hydrogens is 488 g/mol. The molecule has 0 spiro atoms. The summed E-state index contributed by atoms with van der Waals surface area (Å²) < 4.78 is 18.1. The van der Waals surface area contributed by atoms with Crippen molar-refractivity contribution < 1.29 is 14.2 Å². The van der Waals surface area contributed by atoms with Crippen molar-refractivity contribution in [3.63, 3.8) is 0 Å². The molecule has 1 fully saturated rings. The van der Waals surface area contributed by atoms with Crippen LogP contribution in [0, 0.1) is 0 Å². The zero-order chi connectivity index (χ0) is 25.8. The fourth-order valence-electron chi connectivity index (χ4n) is 4.94. The highest BCUT2D eigenvalue weighted by atomic mass is 35.5. The van der Waals surface area contributed by atoms with E-state index in [-0.39, 0.29) is 0 Å². The Morgan fingerprint density at radius 3 is 2.32 bits per heavy atom. The Morgan fingerprint density at radius 1 is 0.892 bits per heavy atom. The van der Waals surface area contributed by atoms with E-state index >= 15 is 0 Å². The summed E-state index contributed by atoms with van der Waals surface area (Å²) >= 11 is 6.38. The molecular formula is C29H33ClN4O3. The van der Waals surface area contributed by atoms with Gasteiger partial charge in [0.25, 0.3) is 0 Å². The highest BCUT2D eigenvalue weighted by Crippen LogP contribution is 2.38. The topological polar surface area (TPSA) is 69.1 Å². The third kappa shape index (κ3) is 5.78. The quantitative estimate of drug-likeness (QED) is 0.274. The van der Waals surface area contributed by atoms with Crippen LogP contribution in [0.5, 0.6) is 17.2 Å². The Kier molecular flexibility index (Phi) is 7.72. The second kappa shape index (κ2) is 11.3. The standard InChI is InChI=1S/C29H33ClN4O3/c1-35-23-10-4-19(5-11-23)17-31-20-6-8-21(9-7-20)32-22-12-13-34-18-26(33-29(34)14-22)24-15-25(30)28(37-3)16-27(24)36-2/h4-5,10-16,18,20-21,31-32H,6-9,17H2,1-3H3. The number of fused-ring (bicyclic) bond motifs is 1. The van der Waals surface area contributed by atoms with Gasteiger partial charge in [0.1, 0.15) is 22.9 Å². The minimum atomic E-state index is 0.455. The summed E-state index contributed by atoms with van der Waals surface area (Å²) in [6.45, 7) is 0.885. The third-order valence-electron chi connectivity index (χ3n) is 7.06. The lowest BCUT2D eigenvalue weighted by Gasteiger charge is -2.30. The number of methoxy groups -OCH3 is 3. The maximum atomic E-state index is 6.38. The van der Waals surface area contributed by atoms with Gasteiger partial charge < -0.3 is 29.2 Å². The van der Waals surface area contributed by atoms with Crippen molar-refractivity contribution in [1.82, 2.24) is 14.7 Å². The number of aromatic nitrogens is 2. The van der Waals surface area contributed by atoms with E-state index in [1.165, 1.54) is 5.56 Å². The van der Waals surface area contributed by atoms with Gasteiger partial charge >= 0.3 is 0 Å². The number of ether oxygens (including phenoxy) is 3. The van der Waals surface area contributed by atoms with E-state index in [2.05, 4.69) is 34.9 Å². The molecule has 0 saturated heterocycles. The summed E-state index contributed by atoms with van der Waals surface area (Å²) in [5.41, 5.74) is 4.85. The van der Waals surface area contributed by atoms with Crippen LogP contribution in [0.25, 0.3) is 16.9 Å². The minimum absolute atomic E-state index is 0.455. The van der Waals surface area contributed by atoms with Crippen LogP contribution in [0.1, 0.15) is 31.2 Å². The van der Waals surface area contributed by atoms with Gasteiger partial charge in [0.05, 0.1) is 32.0 Å². The maximum Gasteiger partial charge on any atom is 0.141 e. The van der Waals surface area contributed by atoms with Crippen molar-refractivity contribution in [3.05, 3.63) is 71.5 Å². The largest absolute Gasteiger partial charge is 0.497 e. The molecule has 0 atom stereocenters. The molecule has 2 aromatic carbocycles. The van der Waals surface area contributed by atoms with E-state index in [9.17, 15) is 0 Å². The maximum absolute atomic E-state index is 6.38. The number of benzene rings is 2. The Labute approximate surface area is 222 Å². The number of rotatable bonds is 9. The van der Waals surface area contributed by atoms with Gasteiger partial charge in [-0.1, -0.05) is 23.7 Å². The first-order chi connectivity index (χ1) is 18.1. The van der Waals surface area contributed by atoms with E-state index in [4.69, 9.17) is 30.8 Å². The first-order valence-corrected chi connectivity index (χ1v) is 13.0. The molecule has 1 aliphatic carbocycles. The zero-order valence-electron chi connectivity index (χ0n) is 21.5. The smallest absolute Gasteiger partial charge is 0.141 e. The lowest BCUT2D eigenvalue weighted by Crippen LogP contribution is -2.36. The number of hydrogen-bond donors (Lipinski definition) is 2. The van der Waals surface area contributed by atoms with E-state index in [0.717, 1.165) is 60.6 Å². The number of nitrogens with one attached hydrogen (secondary N) is 2. The molecule has 0 unspecified atom stereocenters. The van der Waals surface area contributed by atoms with E-state index in [0.29, 0.717) is 28.6 Å². The fourth-order valence-corrected chi connectivity index (χ4v) is 5.19. The Bertz CT molecular complexity index is 1350. The molecule has 2 aromatic heterocycles. The molecule has 0 radical (unpaired) electrons. The molecule has 1 saturated carbocycles. The van der Waals surface area contributed by atoms with Gasteiger partial charge in [-0.05, 0) is 55.5 Å². The predicted octanol–water partition coefficient (Wildman–Crippen LogP) is 6.19. The number of imidazole rings is 1. The Morgan fingerprint density at radius 2 is 1.62 bits per heavy atom. The molecule has 0 aliphatic heterocycles. The molecule has 194 valence electrons. The zero-order valence-corrected chi connectivity index (χ0v) is 22.2. The van der Waals surface area contributed by atoms with E-state index < -0.39 is 0 Å². The van der Waals surface area contributed by atoms with Crippen molar-refractivity contribution in [3.8, 4) is 28.5 Å². The van der Waals surface area contributed by atoms with Crippen LogP contribution in [0.15, 0.2) is 60.9 Å². The van der Waals surface area contributed by atoms with Gasteiger partial charge in [-0.3, -0.25) is 0 Å². The third-order valence-corrected chi connectivity index (χ3v) is 7.36. The number of pyridine rings is 1. The average molecular weight is 521 g/mol. The van der Waals surface area contributed by atoms with Crippen LogP contribution >= 0.6 is 11.6 Å². The highest BCUT2D eigenvalue weighted by molar-refractivity contribution is 6.32. The molecule has 0 amide bonds. The van der Waals surface area contributed by atoms with Crippen LogP contribution in [0.4, 0.5) is 5.69 Å². The van der Waals surface area contributed by atoms with Crippen molar-refractivity contribution >= 4 is 22.9 Å². The van der Waals surface area contributed by atoms with E-state index in [1.807, 2.05) is 35.0 Å². The molecule has 37 heavy (non-hydrogen) atoms. The highest BCUT2D eigenvalue weighted by Gasteiger charge is 2.21. The van der Waals surface area contributed by atoms with Crippen molar-refractivity contribution in [1.29, 1.82) is 0 Å². The second-order valence-electron chi connectivity index (χ2n) is 9.42. The normalized spacial score (nSPS) is 17.5. The monoisotopic (exact) mass is 520 g/mol. The summed E-state index contributed by atoms with van der Waals surface area (Å²) in [6, 6.07) is 17.1. The second-order valence-corrected chi connectivity index (χ2v) is 9.82. The van der Waals surface area contributed by atoms with Gasteiger partial charge in [-0.25, -0.2) is 4.98 Å². The summed E-state index contributed by atoms with van der Waals surface area (Å²) in [7, 11) is 4.92. The molecule has 0 bridgehead atoms. The first kappa shape index (κ1) is 25.2. The van der Waals surface area contributed by atoms with E-state index in [1.54, 1.807) is 27.4 Å². The summed E-state index contributed by atoms with van der Waals surface area (Å²) in [4.78, 5) is 4.84. The summed E-state index contributed by atoms with van der Waals surface area (Å²) in [6.07, 6.45) is 8.59. The SMILES string of the molecule is COc1ccc(CNC2CCC(Nc3ccn4cc(-c5cc(Cl)c(OC)cc5OC)nc4c3)CC2)cc1. The summed E-state index contributed by atoms with van der Waals surface area (Å²) in [5.74, 6) is 2.13. The van der Waals surface area contributed by atoms with Crippen LogP contribution in [0.2, 0.25) is 5.02 Å². The lowest BCUT2D eigenvalue weighted by molar-refractivity contribution is 0.353. The first-order valence-electron chi connectivity index (χ1n) is 12.6. The molecule has 4 aromatic rings. The van der Waals surface area contributed by atoms with Gasteiger partial charge in [-0.2, -0.15) is 0 Å². The number of halogens is 1. The number of anilines is 1. The fraction of sp³-hybridized carbons (Fsp3) is 0.345. The summed E-state index contributed by atoms with van der Waals surface area (Å²) in [5, 5.41) is 7.95. The average Bonchev–Trinajstić information content (AvgIpc) is 3.36. The van der Waals surface area contributed by atoms with Crippen molar-refractivity contribution in [2.24, 2.45) is 0 Å². The molecule has 2 N–H and O–H groups in total. The van der Waals surface area contributed by atoms with Crippen LogP contribution < -0.4 is 24.8 Å². The van der Waals surface area contributed by atoms with Crippen molar-refractivity contribution in [2.75, 3.05) is 26.6 Å². The van der Waals surface area contributed by atoms with Gasteiger partial charge in [0.2, 0.25) is 0 Å². The van der Waals surface area contributed by atoms with Gasteiger partial charge in [-0.15, -0.1) is 0 Å². The molecule has 1 aliphatic rings. The van der Waals surface area contributed by atoms with Crippen LogP contribution in [-0.2, 0) is 6.54 Å². The Hall–Kier alpha value is -3.42. The minimum Gasteiger partial charge on any atom is -0.497 e. The van der Waals surface area contributed by atoms with Crippen LogP contribution in [-0.4, -0.2) is 42.8 Å². The predicted molar refractivity (Wildman–Crippen MR) is 148 cm³/mol. The van der Waals surface area contributed by atoms with Gasteiger partial charge in [0, 0.05) is 54.4 Å².